The van der Waals surface area contributed by atoms with E-state index in [9.17, 15) is 9.59 Å². The molecule has 0 atom stereocenters. The van der Waals surface area contributed by atoms with Gasteiger partial charge in [-0.15, -0.1) is 0 Å². The number of anilines is 1. The highest BCUT2D eigenvalue weighted by Gasteiger charge is 2.13. The first kappa shape index (κ1) is 18.4. The van der Waals surface area contributed by atoms with Crippen LogP contribution in [0.1, 0.15) is 11.1 Å². The van der Waals surface area contributed by atoms with Crippen LogP contribution in [0, 0.1) is 6.92 Å². The molecule has 0 aromatic heterocycles. The molecule has 2 N–H and O–H groups in total. The van der Waals surface area contributed by atoms with Crippen molar-refractivity contribution in [2.24, 2.45) is 5.10 Å². The van der Waals surface area contributed by atoms with Crippen LogP contribution in [0.25, 0.3) is 21.5 Å². The lowest BCUT2D eigenvalue weighted by Crippen LogP contribution is -2.32. The maximum absolute atomic E-state index is 12.1. The van der Waals surface area contributed by atoms with E-state index in [4.69, 9.17) is 0 Å². The van der Waals surface area contributed by atoms with Gasteiger partial charge in [-0.1, -0.05) is 66.2 Å². The first-order valence-electron chi connectivity index (χ1n) is 9.23. The Balaban J connectivity index is 1.55. The van der Waals surface area contributed by atoms with Crippen molar-refractivity contribution in [1.29, 1.82) is 0 Å². The molecule has 0 bridgehead atoms. The predicted molar refractivity (Wildman–Crippen MR) is 117 cm³/mol. The maximum Gasteiger partial charge on any atom is 0.329 e. The van der Waals surface area contributed by atoms with Gasteiger partial charge in [-0.25, -0.2) is 5.43 Å². The van der Waals surface area contributed by atoms with Crippen molar-refractivity contribution in [3.63, 3.8) is 0 Å². The Morgan fingerprint density at radius 2 is 1.38 bits per heavy atom. The number of hydrogen-bond donors (Lipinski definition) is 2. The van der Waals surface area contributed by atoms with Crippen molar-refractivity contribution in [2.45, 2.75) is 6.92 Å². The van der Waals surface area contributed by atoms with Gasteiger partial charge >= 0.3 is 11.8 Å². The molecular formula is C24H19N3O2. The smallest absolute Gasteiger partial charge is 0.318 e. The standard InChI is InChI=1S/C24H19N3O2/c1-16-10-12-19(13-11-16)26-23(28)24(29)27-25-15-22-20-8-4-2-6-17(20)14-18-7-3-5-9-21(18)22/h2-15H,1H3,(H,26,28)(H,27,29). The van der Waals surface area contributed by atoms with E-state index < -0.39 is 11.8 Å². The van der Waals surface area contributed by atoms with Gasteiger partial charge in [0.1, 0.15) is 0 Å². The summed E-state index contributed by atoms with van der Waals surface area (Å²) in [6.45, 7) is 1.95. The van der Waals surface area contributed by atoms with Crippen LogP contribution < -0.4 is 10.7 Å². The quantitative estimate of drug-likeness (QED) is 0.239. The van der Waals surface area contributed by atoms with Crippen LogP contribution in [-0.2, 0) is 9.59 Å². The number of rotatable bonds is 3. The van der Waals surface area contributed by atoms with Gasteiger partial charge in [0.2, 0.25) is 0 Å². The second kappa shape index (κ2) is 7.94. The Morgan fingerprint density at radius 3 is 2.00 bits per heavy atom. The highest BCUT2D eigenvalue weighted by atomic mass is 16.2. The molecule has 0 heterocycles. The van der Waals surface area contributed by atoms with Gasteiger partial charge in [0.25, 0.3) is 0 Å². The van der Waals surface area contributed by atoms with Crippen LogP contribution in [-0.4, -0.2) is 18.0 Å². The molecular weight excluding hydrogens is 362 g/mol. The molecule has 142 valence electrons. The Labute approximate surface area is 168 Å². The molecule has 2 amide bonds. The Bertz CT molecular complexity index is 1190. The number of benzene rings is 4. The molecule has 0 saturated heterocycles. The number of hydrogen-bond acceptors (Lipinski definition) is 3. The summed E-state index contributed by atoms with van der Waals surface area (Å²) < 4.78 is 0. The lowest BCUT2D eigenvalue weighted by molar-refractivity contribution is -0.136. The van der Waals surface area contributed by atoms with E-state index in [-0.39, 0.29) is 0 Å². The van der Waals surface area contributed by atoms with E-state index in [1.54, 1.807) is 18.3 Å². The van der Waals surface area contributed by atoms with Crippen molar-refractivity contribution < 1.29 is 9.59 Å². The summed E-state index contributed by atoms with van der Waals surface area (Å²) >= 11 is 0. The minimum atomic E-state index is -0.827. The summed E-state index contributed by atoms with van der Waals surface area (Å²) in [6.07, 6.45) is 1.59. The molecule has 0 spiro atoms. The largest absolute Gasteiger partial charge is 0.329 e. The zero-order valence-corrected chi connectivity index (χ0v) is 15.8. The number of fused-ring (bicyclic) bond motifs is 2. The monoisotopic (exact) mass is 381 g/mol. The van der Waals surface area contributed by atoms with E-state index in [2.05, 4.69) is 21.9 Å². The molecule has 0 saturated carbocycles. The zero-order chi connectivity index (χ0) is 20.2. The molecule has 5 nitrogen and oxygen atoms in total. The summed E-state index contributed by atoms with van der Waals surface area (Å²) in [7, 11) is 0. The average Bonchev–Trinajstić information content (AvgIpc) is 2.74. The minimum absolute atomic E-state index is 0.555. The fourth-order valence-electron chi connectivity index (χ4n) is 3.22. The van der Waals surface area contributed by atoms with Crippen LogP contribution in [0.5, 0.6) is 0 Å². The van der Waals surface area contributed by atoms with Gasteiger partial charge in [0.05, 0.1) is 6.21 Å². The highest BCUT2D eigenvalue weighted by Crippen LogP contribution is 2.27. The van der Waals surface area contributed by atoms with Crippen molar-refractivity contribution in [3.05, 3.63) is 90.0 Å². The van der Waals surface area contributed by atoms with E-state index in [1.165, 1.54) is 0 Å². The van der Waals surface area contributed by atoms with Crippen molar-refractivity contribution in [2.75, 3.05) is 5.32 Å². The lowest BCUT2D eigenvalue weighted by Gasteiger charge is -2.08. The third-order valence-corrected chi connectivity index (χ3v) is 4.69. The molecule has 5 heteroatoms. The van der Waals surface area contributed by atoms with Crippen molar-refractivity contribution >= 4 is 45.3 Å². The van der Waals surface area contributed by atoms with Crippen LogP contribution >= 0.6 is 0 Å². The molecule has 0 aliphatic heterocycles. The Morgan fingerprint density at radius 1 is 0.793 bits per heavy atom. The summed E-state index contributed by atoms with van der Waals surface area (Å²) in [6, 6.07) is 25.3. The normalized spacial score (nSPS) is 11.1. The second-order valence-corrected chi connectivity index (χ2v) is 6.75. The zero-order valence-electron chi connectivity index (χ0n) is 15.8. The molecule has 0 unspecified atom stereocenters. The number of amides is 2. The molecule has 29 heavy (non-hydrogen) atoms. The fraction of sp³-hybridized carbons (Fsp3) is 0.0417. The van der Waals surface area contributed by atoms with E-state index in [1.807, 2.05) is 67.6 Å². The third-order valence-electron chi connectivity index (χ3n) is 4.69. The van der Waals surface area contributed by atoms with Gasteiger partial charge < -0.3 is 5.32 Å². The maximum atomic E-state index is 12.1. The number of nitrogens with one attached hydrogen (secondary N) is 2. The van der Waals surface area contributed by atoms with Gasteiger partial charge in [-0.2, -0.15) is 5.10 Å². The number of aryl methyl sites for hydroxylation is 1. The molecule has 0 radical (unpaired) electrons. The molecule has 4 rings (SSSR count). The average molecular weight is 381 g/mol. The van der Waals surface area contributed by atoms with Gasteiger partial charge in [0.15, 0.2) is 0 Å². The van der Waals surface area contributed by atoms with Crippen LogP contribution in [0.2, 0.25) is 0 Å². The molecule has 0 aliphatic carbocycles. The van der Waals surface area contributed by atoms with Crippen molar-refractivity contribution in [3.8, 4) is 0 Å². The molecule has 0 fully saturated rings. The third kappa shape index (κ3) is 3.99. The highest BCUT2D eigenvalue weighted by molar-refractivity contribution is 6.39. The predicted octanol–water partition coefficient (Wildman–Crippen LogP) is 4.39. The van der Waals surface area contributed by atoms with Gasteiger partial charge in [-0.05, 0) is 46.7 Å². The van der Waals surface area contributed by atoms with E-state index in [0.29, 0.717) is 5.69 Å². The minimum Gasteiger partial charge on any atom is -0.318 e. The summed E-state index contributed by atoms with van der Waals surface area (Å²) in [4.78, 5) is 24.2. The molecule has 4 aromatic carbocycles. The number of carbonyl (C=O) groups excluding carboxylic acids is 2. The molecule has 4 aromatic rings. The summed E-state index contributed by atoms with van der Waals surface area (Å²) in [5, 5.41) is 10.8. The van der Waals surface area contributed by atoms with Crippen molar-refractivity contribution in [1.82, 2.24) is 5.43 Å². The van der Waals surface area contributed by atoms with E-state index in [0.717, 1.165) is 32.7 Å². The Kier molecular flexibility index (Phi) is 5.03. The van der Waals surface area contributed by atoms with Gasteiger partial charge in [-0.3, -0.25) is 9.59 Å². The number of carbonyl (C=O) groups is 2. The Hall–Kier alpha value is -3.99. The number of hydrazone groups is 1. The fourth-order valence-corrected chi connectivity index (χ4v) is 3.22. The van der Waals surface area contributed by atoms with Gasteiger partial charge in [0, 0.05) is 11.3 Å². The van der Waals surface area contributed by atoms with Crippen LogP contribution in [0.4, 0.5) is 5.69 Å². The first-order valence-corrected chi connectivity index (χ1v) is 9.23. The first-order chi connectivity index (χ1) is 14.1. The summed E-state index contributed by atoms with van der Waals surface area (Å²) in [5.74, 6) is -1.60. The molecule has 0 aliphatic rings. The number of nitrogens with zero attached hydrogens (tertiary/aromatic N) is 1. The van der Waals surface area contributed by atoms with Crippen LogP contribution in [0.15, 0.2) is 84.0 Å². The SMILES string of the molecule is Cc1ccc(NC(=O)C(=O)NN=Cc2c3ccccc3cc3ccccc23)cc1. The van der Waals surface area contributed by atoms with E-state index >= 15 is 0 Å². The topological polar surface area (TPSA) is 70.6 Å². The van der Waals surface area contributed by atoms with Crippen LogP contribution in [0.3, 0.4) is 0 Å². The lowest BCUT2D eigenvalue weighted by atomic mass is 9.97. The second-order valence-electron chi connectivity index (χ2n) is 6.75. The summed E-state index contributed by atoms with van der Waals surface area (Å²) in [5.41, 5.74) is 4.82.